The zero-order valence-corrected chi connectivity index (χ0v) is 15.5. The first-order valence-corrected chi connectivity index (χ1v) is 8.60. The van der Waals surface area contributed by atoms with Gasteiger partial charge in [0.15, 0.2) is 5.96 Å². The van der Waals surface area contributed by atoms with Gasteiger partial charge in [0, 0.05) is 26.6 Å². The van der Waals surface area contributed by atoms with Crippen molar-refractivity contribution in [2.45, 2.75) is 19.9 Å². The number of carbonyl (C=O) groups is 1. The van der Waals surface area contributed by atoms with Crippen molar-refractivity contribution < 1.29 is 9.18 Å². The summed E-state index contributed by atoms with van der Waals surface area (Å²) in [6, 6.07) is 11.7. The number of carbonyl (C=O) groups excluding carboxylic acids is 1. The Morgan fingerprint density at radius 2 is 1.88 bits per heavy atom. The number of guanidine groups is 1. The standard InChI is InChI=1S/C19H22ClFN4O/c1-13-3-8-17(16(20)11-13)25-18(26)9-10-23-19(22-2)24-12-14-4-6-15(21)7-5-14/h3-8,11H,9-10,12H2,1-2H3,(H,25,26)(H2,22,23,24). The van der Waals surface area contributed by atoms with Gasteiger partial charge in [0.05, 0.1) is 10.7 Å². The second-order valence-electron chi connectivity index (χ2n) is 5.76. The van der Waals surface area contributed by atoms with E-state index in [0.717, 1.165) is 11.1 Å². The molecule has 0 aliphatic carbocycles. The van der Waals surface area contributed by atoms with Gasteiger partial charge < -0.3 is 16.0 Å². The molecule has 0 aromatic heterocycles. The minimum absolute atomic E-state index is 0.141. The number of aliphatic imine (C=N–C) groups is 1. The summed E-state index contributed by atoms with van der Waals surface area (Å²) in [5.41, 5.74) is 2.56. The lowest BCUT2D eigenvalue weighted by atomic mass is 10.2. The second-order valence-corrected chi connectivity index (χ2v) is 6.17. The predicted molar refractivity (Wildman–Crippen MR) is 104 cm³/mol. The van der Waals surface area contributed by atoms with Gasteiger partial charge in [-0.2, -0.15) is 0 Å². The number of anilines is 1. The Bertz CT molecular complexity index is 778. The topological polar surface area (TPSA) is 65.5 Å². The van der Waals surface area contributed by atoms with E-state index in [-0.39, 0.29) is 18.1 Å². The van der Waals surface area contributed by atoms with Gasteiger partial charge in [-0.1, -0.05) is 29.8 Å². The molecule has 0 fully saturated rings. The molecule has 26 heavy (non-hydrogen) atoms. The maximum atomic E-state index is 12.9. The number of benzene rings is 2. The van der Waals surface area contributed by atoms with Gasteiger partial charge in [0.2, 0.25) is 5.91 Å². The van der Waals surface area contributed by atoms with Crippen molar-refractivity contribution in [1.82, 2.24) is 10.6 Å². The van der Waals surface area contributed by atoms with Gasteiger partial charge in [-0.3, -0.25) is 9.79 Å². The Kier molecular flexibility index (Phi) is 7.41. The molecule has 138 valence electrons. The summed E-state index contributed by atoms with van der Waals surface area (Å²) in [7, 11) is 1.64. The van der Waals surface area contributed by atoms with Crippen LogP contribution < -0.4 is 16.0 Å². The van der Waals surface area contributed by atoms with E-state index in [1.54, 1.807) is 31.3 Å². The minimum atomic E-state index is -0.268. The quantitative estimate of drug-likeness (QED) is 0.534. The molecule has 0 atom stereocenters. The average molecular weight is 377 g/mol. The fourth-order valence-electron chi connectivity index (χ4n) is 2.24. The third-order valence-corrected chi connectivity index (χ3v) is 3.95. The predicted octanol–water partition coefficient (Wildman–Crippen LogP) is 3.48. The first-order valence-electron chi connectivity index (χ1n) is 8.23. The van der Waals surface area contributed by atoms with Crippen LogP contribution in [0.3, 0.4) is 0 Å². The first-order chi connectivity index (χ1) is 12.5. The highest BCUT2D eigenvalue weighted by Gasteiger charge is 2.06. The van der Waals surface area contributed by atoms with Crippen LogP contribution in [0, 0.1) is 12.7 Å². The fourth-order valence-corrected chi connectivity index (χ4v) is 2.52. The van der Waals surface area contributed by atoms with Crippen molar-refractivity contribution in [3.05, 3.63) is 64.4 Å². The fraction of sp³-hybridized carbons (Fsp3) is 0.263. The summed E-state index contributed by atoms with van der Waals surface area (Å²) in [5.74, 6) is 0.156. The summed E-state index contributed by atoms with van der Waals surface area (Å²) >= 11 is 6.11. The van der Waals surface area contributed by atoms with E-state index in [9.17, 15) is 9.18 Å². The molecule has 0 unspecified atom stereocenters. The van der Waals surface area contributed by atoms with Crippen LogP contribution in [0.1, 0.15) is 17.5 Å². The third kappa shape index (κ3) is 6.37. The number of amides is 1. The van der Waals surface area contributed by atoms with Crippen molar-refractivity contribution in [2.75, 3.05) is 18.9 Å². The van der Waals surface area contributed by atoms with Crippen LogP contribution in [0.4, 0.5) is 10.1 Å². The van der Waals surface area contributed by atoms with Gasteiger partial charge in [0.25, 0.3) is 0 Å². The molecule has 3 N–H and O–H groups in total. The number of hydrogen-bond acceptors (Lipinski definition) is 2. The van der Waals surface area contributed by atoms with Crippen molar-refractivity contribution in [3.63, 3.8) is 0 Å². The highest BCUT2D eigenvalue weighted by molar-refractivity contribution is 6.33. The molecule has 2 aromatic carbocycles. The van der Waals surface area contributed by atoms with Crippen molar-refractivity contribution >= 4 is 29.2 Å². The maximum Gasteiger partial charge on any atom is 0.226 e. The van der Waals surface area contributed by atoms with E-state index in [4.69, 9.17) is 11.6 Å². The number of nitrogens with one attached hydrogen (secondary N) is 3. The van der Waals surface area contributed by atoms with E-state index in [2.05, 4.69) is 20.9 Å². The number of aryl methyl sites for hydroxylation is 1. The maximum absolute atomic E-state index is 12.9. The molecule has 0 spiro atoms. The Hall–Kier alpha value is -2.60. The molecule has 0 bridgehead atoms. The summed E-state index contributed by atoms with van der Waals surface area (Å²) in [5, 5.41) is 9.47. The SMILES string of the molecule is CN=C(NCCC(=O)Nc1ccc(C)cc1Cl)NCc1ccc(F)cc1. The van der Waals surface area contributed by atoms with Gasteiger partial charge in [-0.25, -0.2) is 4.39 Å². The van der Waals surface area contributed by atoms with Crippen molar-refractivity contribution in [1.29, 1.82) is 0 Å². The smallest absolute Gasteiger partial charge is 0.226 e. The highest BCUT2D eigenvalue weighted by atomic mass is 35.5. The number of hydrogen-bond donors (Lipinski definition) is 3. The minimum Gasteiger partial charge on any atom is -0.356 e. The van der Waals surface area contributed by atoms with E-state index >= 15 is 0 Å². The first kappa shape index (κ1) is 19.7. The highest BCUT2D eigenvalue weighted by Crippen LogP contribution is 2.22. The largest absolute Gasteiger partial charge is 0.356 e. The van der Waals surface area contributed by atoms with E-state index < -0.39 is 0 Å². The van der Waals surface area contributed by atoms with Gasteiger partial charge in [-0.05, 0) is 42.3 Å². The molecule has 0 radical (unpaired) electrons. The Morgan fingerprint density at radius 3 is 2.54 bits per heavy atom. The molecule has 2 aromatic rings. The Balaban J connectivity index is 1.74. The molecular weight excluding hydrogens is 355 g/mol. The molecule has 0 aliphatic heterocycles. The van der Waals surface area contributed by atoms with E-state index in [0.29, 0.717) is 29.8 Å². The summed E-state index contributed by atoms with van der Waals surface area (Å²) in [6.45, 7) is 2.86. The zero-order valence-electron chi connectivity index (χ0n) is 14.8. The molecule has 0 aliphatic rings. The van der Waals surface area contributed by atoms with Gasteiger partial charge in [-0.15, -0.1) is 0 Å². The Labute approximate surface area is 157 Å². The van der Waals surface area contributed by atoms with Crippen molar-refractivity contribution in [3.8, 4) is 0 Å². The lowest BCUT2D eigenvalue weighted by Gasteiger charge is -2.12. The molecule has 0 heterocycles. The van der Waals surface area contributed by atoms with E-state index in [1.807, 2.05) is 13.0 Å². The van der Waals surface area contributed by atoms with Crippen LogP contribution in [-0.2, 0) is 11.3 Å². The van der Waals surface area contributed by atoms with Crippen LogP contribution in [-0.4, -0.2) is 25.5 Å². The van der Waals surface area contributed by atoms with Crippen molar-refractivity contribution in [2.24, 2.45) is 4.99 Å². The second kappa shape index (κ2) is 9.77. The van der Waals surface area contributed by atoms with Crippen LogP contribution in [0.5, 0.6) is 0 Å². The summed E-state index contributed by atoms with van der Waals surface area (Å²) in [6.07, 6.45) is 0.265. The molecule has 7 heteroatoms. The van der Waals surface area contributed by atoms with E-state index in [1.165, 1.54) is 12.1 Å². The summed E-state index contributed by atoms with van der Waals surface area (Å²) < 4.78 is 12.9. The summed E-state index contributed by atoms with van der Waals surface area (Å²) in [4.78, 5) is 16.1. The third-order valence-electron chi connectivity index (χ3n) is 3.64. The van der Waals surface area contributed by atoms with Crippen LogP contribution >= 0.6 is 11.6 Å². The van der Waals surface area contributed by atoms with Gasteiger partial charge in [0.1, 0.15) is 5.82 Å². The van der Waals surface area contributed by atoms with Crippen LogP contribution in [0.15, 0.2) is 47.5 Å². The zero-order chi connectivity index (χ0) is 18.9. The Morgan fingerprint density at radius 1 is 1.15 bits per heavy atom. The molecule has 5 nitrogen and oxygen atoms in total. The molecular formula is C19H22ClFN4O. The monoisotopic (exact) mass is 376 g/mol. The van der Waals surface area contributed by atoms with Crippen LogP contribution in [0.25, 0.3) is 0 Å². The van der Waals surface area contributed by atoms with Gasteiger partial charge >= 0.3 is 0 Å². The van der Waals surface area contributed by atoms with Crippen LogP contribution in [0.2, 0.25) is 5.02 Å². The molecule has 0 saturated carbocycles. The molecule has 2 rings (SSSR count). The number of halogens is 2. The average Bonchev–Trinajstić information content (AvgIpc) is 2.61. The lowest BCUT2D eigenvalue weighted by Crippen LogP contribution is -2.38. The number of rotatable bonds is 6. The molecule has 0 saturated heterocycles. The molecule has 1 amide bonds. The normalized spacial score (nSPS) is 11.2. The number of nitrogens with zero attached hydrogens (tertiary/aromatic N) is 1. The lowest BCUT2D eigenvalue weighted by molar-refractivity contribution is -0.116.